The monoisotopic (exact) mass is 381 g/mol. The summed E-state index contributed by atoms with van der Waals surface area (Å²) in [6, 6.07) is 10.3. The Labute approximate surface area is 162 Å². The first kappa shape index (κ1) is 18.3. The van der Waals surface area contributed by atoms with E-state index in [0.29, 0.717) is 19.0 Å². The molecular formula is C21H23N3O4. The second-order valence-corrected chi connectivity index (χ2v) is 7.06. The van der Waals surface area contributed by atoms with Gasteiger partial charge in [0.15, 0.2) is 0 Å². The first-order valence-electron chi connectivity index (χ1n) is 9.39. The number of ether oxygens (including phenoxy) is 1. The first-order chi connectivity index (χ1) is 13.5. The Bertz CT molecular complexity index is 1060. The van der Waals surface area contributed by atoms with Gasteiger partial charge in [-0.25, -0.2) is 4.79 Å². The second kappa shape index (κ2) is 7.52. The molecule has 3 aromatic rings. The third kappa shape index (κ3) is 3.41. The summed E-state index contributed by atoms with van der Waals surface area (Å²) in [5.41, 5.74) is 1.78. The topological polar surface area (TPSA) is 85.5 Å². The van der Waals surface area contributed by atoms with Crippen LogP contribution in [-0.4, -0.2) is 23.8 Å². The number of nitrogens with one attached hydrogen (secondary N) is 2. The maximum absolute atomic E-state index is 12.7. The molecule has 2 aromatic heterocycles. The van der Waals surface area contributed by atoms with Crippen LogP contribution in [0.25, 0.3) is 11.0 Å². The van der Waals surface area contributed by atoms with Gasteiger partial charge in [0.1, 0.15) is 17.0 Å². The highest BCUT2D eigenvalue weighted by atomic mass is 16.5. The molecule has 1 fully saturated rings. The van der Waals surface area contributed by atoms with Crippen LogP contribution < -0.4 is 16.2 Å². The van der Waals surface area contributed by atoms with Crippen molar-refractivity contribution in [1.29, 1.82) is 0 Å². The molecule has 0 saturated carbocycles. The van der Waals surface area contributed by atoms with E-state index >= 15 is 0 Å². The average molecular weight is 381 g/mol. The molecule has 2 amide bonds. The van der Waals surface area contributed by atoms with Gasteiger partial charge in [0.05, 0.1) is 18.7 Å². The molecule has 0 radical (unpaired) electrons. The summed E-state index contributed by atoms with van der Waals surface area (Å²) in [6.07, 6.45) is 2.52. The number of fused-ring (bicyclic) bond motifs is 1. The van der Waals surface area contributed by atoms with Crippen molar-refractivity contribution in [1.82, 2.24) is 9.88 Å². The Balaban J connectivity index is 1.49. The number of carbonyl (C=O) groups excluding carboxylic acids is 1. The van der Waals surface area contributed by atoms with Crippen LogP contribution in [0.4, 0.5) is 10.5 Å². The molecule has 1 aromatic carbocycles. The van der Waals surface area contributed by atoms with Crippen molar-refractivity contribution in [3.63, 3.8) is 0 Å². The SMILES string of the molecule is Cc1c(C(C)NC(=O)Nc2cccn(C3CCOC3)c2=O)oc2ccccc12. The summed E-state index contributed by atoms with van der Waals surface area (Å²) in [5, 5.41) is 6.53. The Morgan fingerprint density at radius 2 is 2.07 bits per heavy atom. The van der Waals surface area contributed by atoms with E-state index in [1.54, 1.807) is 22.9 Å². The van der Waals surface area contributed by atoms with E-state index in [-0.39, 0.29) is 23.3 Å². The number of pyridine rings is 1. The number of para-hydroxylation sites is 1. The lowest BCUT2D eigenvalue weighted by atomic mass is 10.1. The third-order valence-corrected chi connectivity index (χ3v) is 5.14. The molecule has 1 aliphatic heterocycles. The number of hydrogen-bond donors (Lipinski definition) is 2. The van der Waals surface area contributed by atoms with Gasteiger partial charge in [0.25, 0.3) is 5.56 Å². The molecule has 2 atom stereocenters. The summed E-state index contributed by atoms with van der Waals surface area (Å²) in [6.45, 7) is 4.97. The average Bonchev–Trinajstić information content (AvgIpc) is 3.32. The molecule has 1 saturated heterocycles. The lowest BCUT2D eigenvalue weighted by Crippen LogP contribution is -2.35. The molecule has 3 heterocycles. The van der Waals surface area contributed by atoms with E-state index in [4.69, 9.17) is 9.15 Å². The smallest absolute Gasteiger partial charge is 0.319 e. The van der Waals surface area contributed by atoms with Crippen LogP contribution in [0, 0.1) is 6.92 Å². The van der Waals surface area contributed by atoms with Gasteiger partial charge in [-0.3, -0.25) is 4.79 Å². The number of carbonyl (C=O) groups is 1. The van der Waals surface area contributed by atoms with Crippen LogP contribution >= 0.6 is 0 Å². The number of amides is 2. The van der Waals surface area contributed by atoms with E-state index in [2.05, 4.69) is 10.6 Å². The zero-order chi connectivity index (χ0) is 19.7. The van der Waals surface area contributed by atoms with Crippen molar-refractivity contribution in [2.45, 2.75) is 32.4 Å². The molecule has 1 aliphatic rings. The minimum atomic E-state index is -0.454. The highest BCUT2D eigenvalue weighted by Gasteiger charge is 2.21. The molecule has 0 bridgehead atoms. The van der Waals surface area contributed by atoms with Crippen LogP contribution in [0.15, 0.2) is 51.8 Å². The standard InChI is InChI=1S/C21H23N3O4/c1-13-16-6-3-4-8-18(16)28-19(13)14(2)22-21(26)23-17-7-5-10-24(20(17)25)15-9-11-27-12-15/h3-8,10,14-15H,9,11-12H2,1-2H3,(H2,22,23,26). The van der Waals surface area contributed by atoms with Gasteiger partial charge in [0.2, 0.25) is 0 Å². The fourth-order valence-electron chi connectivity index (χ4n) is 3.66. The first-order valence-corrected chi connectivity index (χ1v) is 9.39. The number of hydrogen-bond acceptors (Lipinski definition) is 4. The molecule has 7 heteroatoms. The van der Waals surface area contributed by atoms with Crippen molar-refractivity contribution < 1.29 is 13.9 Å². The molecule has 146 valence electrons. The Hall–Kier alpha value is -3.06. The van der Waals surface area contributed by atoms with Gasteiger partial charge >= 0.3 is 6.03 Å². The van der Waals surface area contributed by atoms with Crippen LogP contribution in [-0.2, 0) is 4.74 Å². The molecule has 0 spiro atoms. The lowest BCUT2D eigenvalue weighted by Gasteiger charge is -2.16. The zero-order valence-electron chi connectivity index (χ0n) is 15.9. The van der Waals surface area contributed by atoms with Crippen LogP contribution in [0.5, 0.6) is 0 Å². The molecular weight excluding hydrogens is 358 g/mol. The van der Waals surface area contributed by atoms with Gasteiger partial charge in [-0.2, -0.15) is 0 Å². The van der Waals surface area contributed by atoms with Crippen LogP contribution in [0.3, 0.4) is 0 Å². The Kier molecular flexibility index (Phi) is 4.92. The van der Waals surface area contributed by atoms with E-state index in [9.17, 15) is 9.59 Å². The predicted octanol–water partition coefficient (Wildman–Crippen LogP) is 3.75. The number of aryl methyl sites for hydroxylation is 1. The summed E-state index contributed by atoms with van der Waals surface area (Å²) in [4.78, 5) is 25.1. The van der Waals surface area contributed by atoms with E-state index in [0.717, 1.165) is 23.0 Å². The number of benzene rings is 1. The highest BCUT2D eigenvalue weighted by molar-refractivity contribution is 5.89. The van der Waals surface area contributed by atoms with Gasteiger partial charge < -0.3 is 24.4 Å². The maximum Gasteiger partial charge on any atom is 0.319 e. The van der Waals surface area contributed by atoms with E-state index in [1.165, 1.54) is 0 Å². The lowest BCUT2D eigenvalue weighted by molar-refractivity contribution is 0.186. The zero-order valence-corrected chi connectivity index (χ0v) is 15.9. The van der Waals surface area contributed by atoms with Gasteiger partial charge in [-0.1, -0.05) is 18.2 Å². The summed E-state index contributed by atoms with van der Waals surface area (Å²) in [5.74, 6) is 0.699. The van der Waals surface area contributed by atoms with Gasteiger partial charge in [0, 0.05) is 23.8 Å². The largest absolute Gasteiger partial charge is 0.459 e. The number of furan rings is 1. The normalized spacial score (nSPS) is 17.6. The molecule has 0 aliphatic carbocycles. The molecule has 2 N–H and O–H groups in total. The fourth-order valence-corrected chi connectivity index (χ4v) is 3.66. The quantitative estimate of drug-likeness (QED) is 0.721. The number of anilines is 1. The number of nitrogens with zero attached hydrogens (tertiary/aromatic N) is 1. The second-order valence-electron chi connectivity index (χ2n) is 7.06. The molecule has 28 heavy (non-hydrogen) atoms. The minimum Gasteiger partial charge on any atom is -0.459 e. The number of rotatable bonds is 4. The van der Waals surface area contributed by atoms with E-state index in [1.807, 2.05) is 38.1 Å². The molecule has 7 nitrogen and oxygen atoms in total. The van der Waals surface area contributed by atoms with Crippen LogP contribution in [0.2, 0.25) is 0 Å². The predicted molar refractivity (Wildman–Crippen MR) is 107 cm³/mol. The minimum absolute atomic E-state index is 0.00873. The fraction of sp³-hybridized carbons (Fsp3) is 0.333. The van der Waals surface area contributed by atoms with Crippen molar-refractivity contribution >= 4 is 22.7 Å². The Morgan fingerprint density at radius 3 is 2.82 bits per heavy atom. The van der Waals surface area contributed by atoms with Crippen molar-refractivity contribution in [2.24, 2.45) is 0 Å². The maximum atomic E-state index is 12.7. The van der Waals surface area contributed by atoms with E-state index < -0.39 is 6.03 Å². The van der Waals surface area contributed by atoms with Gasteiger partial charge in [-0.15, -0.1) is 0 Å². The van der Waals surface area contributed by atoms with Gasteiger partial charge in [-0.05, 0) is 38.5 Å². The van der Waals surface area contributed by atoms with Crippen molar-refractivity contribution in [2.75, 3.05) is 18.5 Å². The Morgan fingerprint density at radius 1 is 1.25 bits per heavy atom. The summed E-state index contributed by atoms with van der Waals surface area (Å²) in [7, 11) is 0. The summed E-state index contributed by atoms with van der Waals surface area (Å²) >= 11 is 0. The van der Waals surface area contributed by atoms with Crippen molar-refractivity contribution in [3.05, 3.63) is 64.3 Å². The molecule has 4 rings (SSSR count). The summed E-state index contributed by atoms with van der Waals surface area (Å²) < 4.78 is 12.9. The molecule has 2 unspecified atom stereocenters. The van der Waals surface area contributed by atoms with Crippen LogP contribution in [0.1, 0.15) is 36.8 Å². The van der Waals surface area contributed by atoms with Crippen molar-refractivity contribution in [3.8, 4) is 0 Å². The number of urea groups is 1. The highest BCUT2D eigenvalue weighted by Crippen LogP contribution is 2.29. The third-order valence-electron chi connectivity index (χ3n) is 5.14. The number of aromatic nitrogens is 1.